The first-order valence-electron chi connectivity index (χ1n) is 10.2. The quantitative estimate of drug-likeness (QED) is 0.568. The zero-order valence-corrected chi connectivity index (χ0v) is 16.8. The molecule has 0 atom stereocenters. The van der Waals surface area contributed by atoms with Gasteiger partial charge in [0.25, 0.3) is 11.8 Å². The van der Waals surface area contributed by atoms with Gasteiger partial charge >= 0.3 is 0 Å². The molecule has 7 heteroatoms. The van der Waals surface area contributed by atoms with E-state index in [1.807, 2.05) is 65.6 Å². The lowest BCUT2D eigenvalue weighted by atomic mass is 9.96. The minimum Gasteiger partial charge on any atom is -0.484 e. The molecule has 7 nitrogen and oxygen atoms in total. The van der Waals surface area contributed by atoms with Crippen molar-refractivity contribution in [2.45, 2.75) is 32.0 Å². The second-order valence-corrected chi connectivity index (χ2v) is 7.28. The van der Waals surface area contributed by atoms with Crippen molar-refractivity contribution in [3.05, 3.63) is 77.9 Å². The molecule has 2 heterocycles. The van der Waals surface area contributed by atoms with Crippen molar-refractivity contribution >= 4 is 5.91 Å². The summed E-state index contributed by atoms with van der Waals surface area (Å²) in [7, 11) is 0. The van der Waals surface area contributed by atoms with Gasteiger partial charge in [0, 0.05) is 19.0 Å². The molecule has 3 aromatic rings. The van der Waals surface area contributed by atoms with Crippen molar-refractivity contribution in [1.29, 1.82) is 0 Å². The van der Waals surface area contributed by atoms with Gasteiger partial charge in [-0.05, 0) is 30.5 Å². The molecule has 4 rings (SSSR count). The molecule has 1 aromatic heterocycles. The smallest absolute Gasteiger partial charge is 0.260 e. The third-order valence-corrected chi connectivity index (χ3v) is 5.14. The second-order valence-electron chi connectivity index (χ2n) is 7.28. The number of benzene rings is 2. The van der Waals surface area contributed by atoms with E-state index in [0.29, 0.717) is 37.2 Å². The van der Waals surface area contributed by atoms with E-state index in [1.165, 1.54) is 0 Å². The SMILES string of the molecule is O=C(COc1ccccc1)N1CCC(c2noc(COCc3ccccc3)n2)CC1. The molecule has 0 unspecified atom stereocenters. The number of amides is 1. The first-order valence-corrected chi connectivity index (χ1v) is 10.2. The predicted molar refractivity (Wildman–Crippen MR) is 110 cm³/mol. The monoisotopic (exact) mass is 407 g/mol. The normalized spacial score (nSPS) is 14.6. The molecule has 30 heavy (non-hydrogen) atoms. The van der Waals surface area contributed by atoms with E-state index in [9.17, 15) is 4.79 Å². The standard InChI is InChI=1S/C23H25N3O4/c27-22(17-29-20-9-5-2-6-10-20)26-13-11-19(12-14-26)23-24-21(30-25-23)16-28-15-18-7-3-1-4-8-18/h1-10,19H,11-17H2. The molecule has 1 saturated heterocycles. The van der Waals surface area contributed by atoms with Gasteiger partial charge in [-0.3, -0.25) is 4.79 Å². The van der Waals surface area contributed by atoms with Gasteiger partial charge in [0.1, 0.15) is 12.4 Å². The van der Waals surface area contributed by atoms with E-state index in [0.717, 1.165) is 18.4 Å². The second kappa shape index (κ2) is 10.0. The fourth-order valence-electron chi connectivity index (χ4n) is 3.46. The Hall–Kier alpha value is -3.19. The molecule has 0 saturated carbocycles. The summed E-state index contributed by atoms with van der Waals surface area (Å²) in [6.45, 7) is 2.17. The van der Waals surface area contributed by atoms with Crippen LogP contribution in [0.4, 0.5) is 0 Å². The summed E-state index contributed by atoms with van der Waals surface area (Å²) in [5.74, 6) is 2.07. The molecule has 0 N–H and O–H groups in total. The Morgan fingerprint density at radius 1 is 1.00 bits per heavy atom. The number of carbonyl (C=O) groups is 1. The number of hydrogen-bond donors (Lipinski definition) is 0. The Bertz CT molecular complexity index is 922. The van der Waals surface area contributed by atoms with Crippen molar-refractivity contribution in [3.63, 3.8) is 0 Å². The summed E-state index contributed by atoms with van der Waals surface area (Å²) in [5, 5.41) is 4.12. The highest BCUT2D eigenvalue weighted by Crippen LogP contribution is 2.26. The zero-order chi connectivity index (χ0) is 20.6. The number of para-hydroxylation sites is 1. The van der Waals surface area contributed by atoms with Crippen molar-refractivity contribution in [2.75, 3.05) is 19.7 Å². The van der Waals surface area contributed by atoms with E-state index in [-0.39, 0.29) is 25.0 Å². The molecule has 2 aromatic carbocycles. The highest BCUT2D eigenvalue weighted by molar-refractivity contribution is 5.77. The van der Waals surface area contributed by atoms with Crippen LogP contribution in [0.15, 0.2) is 65.2 Å². The van der Waals surface area contributed by atoms with Crippen LogP contribution in [0.25, 0.3) is 0 Å². The Morgan fingerprint density at radius 3 is 2.43 bits per heavy atom. The van der Waals surface area contributed by atoms with Gasteiger partial charge in [0.15, 0.2) is 12.4 Å². The topological polar surface area (TPSA) is 77.7 Å². The first kappa shape index (κ1) is 20.1. The first-order chi connectivity index (χ1) is 14.8. The molecule has 0 aliphatic carbocycles. The summed E-state index contributed by atoms with van der Waals surface area (Å²) in [5.41, 5.74) is 1.10. The average molecular weight is 407 g/mol. The molecule has 0 spiro atoms. The average Bonchev–Trinajstić information content (AvgIpc) is 3.28. The molecular formula is C23H25N3O4. The van der Waals surface area contributed by atoms with Crippen LogP contribution < -0.4 is 4.74 Å². The molecule has 1 fully saturated rings. The molecule has 1 aliphatic rings. The lowest BCUT2D eigenvalue weighted by Gasteiger charge is -2.30. The van der Waals surface area contributed by atoms with Gasteiger partial charge < -0.3 is 18.9 Å². The fraction of sp³-hybridized carbons (Fsp3) is 0.348. The predicted octanol–water partition coefficient (Wildman–Crippen LogP) is 3.57. The van der Waals surface area contributed by atoms with Crippen LogP contribution in [0.5, 0.6) is 5.75 Å². The lowest BCUT2D eigenvalue weighted by molar-refractivity contribution is -0.134. The lowest BCUT2D eigenvalue weighted by Crippen LogP contribution is -2.40. The summed E-state index contributed by atoms with van der Waals surface area (Å²) in [6.07, 6.45) is 1.61. The van der Waals surface area contributed by atoms with E-state index in [1.54, 1.807) is 0 Å². The van der Waals surface area contributed by atoms with Crippen LogP contribution in [0.2, 0.25) is 0 Å². The zero-order valence-electron chi connectivity index (χ0n) is 16.8. The fourth-order valence-corrected chi connectivity index (χ4v) is 3.46. The largest absolute Gasteiger partial charge is 0.484 e. The minimum atomic E-state index is 0.000385. The van der Waals surface area contributed by atoms with Gasteiger partial charge in [0.2, 0.25) is 0 Å². The Kier molecular flexibility index (Phi) is 6.72. The summed E-state index contributed by atoms with van der Waals surface area (Å²) in [6, 6.07) is 19.3. The van der Waals surface area contributed by atoms with E-state index in [2.05, 4.69) is 10.1 Å². The highest BCUT2D eigenvalue weighted by atomic mass is 16.5. The maximum Gasteiger partial charge on any atom is 0.260 e. The van der Waals surface area contributed by atoms with Crippen molar-refractivity contribution in [3.8, 4) is 5.75 Å². The van der Waals surface area contributed by atoms with E-state index < -0.39 is 0 Å². The number of piperidine rings is 1. The van der Waals surface area contributed by atoms with Crippen LogP contribution in [-0.4, -0.2) is 40.6 Å². The number of rotatable bonds is 8. The Labute approximate surface area is 175 Å². The highest BCUT2D eigenvalue weighted by Gasteiger charge is 2.27. The van der Waals surface area contributed by atoms with E-state index >= 15 is 0 Å². The van der Waals surface area contributed by atoms with Crippen LogP contribution in [0.3, 0.4) is 0 Å². The number of aromatic nitrogens is 2. The number of hydrogen-bond acceptors (Lipinski definition) is 6. The van der Waals surface area contributed by atoms with Gasteiger partial charge in [0.05, 0.1) is 6.61 Å². The Morgan fingerprint density at radius 2 is 1.70 bits per heavy atom. The number of carbonyl (C=O) groups excluding carboxylic acids is 1. The van der Waals surface area contributed by atoms with E-state index in [4.69, 9.17) is 14.0 Å². The maximum absolute atomic E-state index is 12.4. The van der Waals surface area contributed by atoms with Crippen LogP contribution in [-0.2, 0) is 22.7 Å². The minimum absolute atomic E-state index is 0.000385. The third kappa shape index (κ3) is 5.45. The summed E-state index contributed by atoms with van der Waals surface area (Å²) in [4.78, 5) is 18.7. The van der Waals surface area contributed by atoms with Crippen LogP contribution in [0, 0.1) is 0 Å². The van der Waals surface area contributed by atoms with Gasteiger partial charge in [-0.25, -0.2) is 0 Å². The van der Waals surface area contributed by atoms with Crippen molar-refractivity contribution in [1.82, 2.24) is 15.0 Å². The number of likely N-dealkylation sites (tertiary alicyclic amines) is 1. The Balaban J connectivity index is 1.20. The van der Waals surface area contributed by atoms with Crippen molar-refractivity contribution < 1.29 is 18.8 Å². The molecule has 0 radical (unpaired) electrons. The van der Waals surface area contributed by atoms with Crippen molar-refractivity contribution in [2.24, 2.45) is 0 Å². The molecule has 0 bridgehead atoms. The molecule has 1 aliphatic heterocycles. The maximum atomic E-state index is 12.4. The van der Waals surface area contributed by atoms with Gasteiger partial charge in [-0.1, -0.05) is 53.7 Å². The number of ether oxygens (including phenoxy) is 2. The van der Waals surface area contributed by atoms with Crippen LogP contribution in [0.1, 0.15) is 36.0 Å². The van der Waals surface area contributed by atoms with Gasteiger partial charge in [-0.15, -0.1) is 0 Å². The summed E-state index contributed by atoms with van der Waals surface area (Å²) >= 11 is 0. The van der Waals surface area contributed by atoms with Crippen LogP contribution >= 0.6 is 0 Å². The molecule has 156 valence electrons. The number of nitrogens with zero attached hydrogens (tertiary/aromatic N) is 3. The van der Waals surface area contributed by atoms with Gasteiger partial charge in [-0.2, -0.15) is 4.98 Å². The molecule has 1 amide bonds. The third-order valence-electron chi connectivity index (χ3n) is 5.14. The molecular weight excluding hydrogens is 382 g/mol. The summed E-state index contributed by atoms with van der Waals surface area (Å²) < 4.78 is 16.5.